The van der Waals surface area contributed by atoms with Crippen molar-refractivity contribution >= 4 is 6.21 Å². The predicted octanol–water partition coefficient (Wildman–Crippen LogP) is 0.376. The number of hydrogen-bond donors (Lipinski definition) is 0. The molecule has 0 aliphatic carbocycles. The summed E-state index contributed by atoms with van der Waals surface area (Å²) in [7, 11) is 0. The van der Waals surface area contributed by atoms with E-state index in [0.717, 1.165) is 11.2 Å². The van der Waals surface area contributed by atoms with E-state index in [2.05, 4.69) is 0 Å². The fourth-order valence-electron chi connectivity index (χ4n) is 0.837. The van der Waals surface area contributed by atoms with Gasteiger partial charge in [-0.25, -0.2) is 4.74 Å². The summed E-state index contributed by atoms with van der Waals surface area (Å²) in [6.45, 7) is 2.99. The fourth-order valence-corrected chi connectivity index (χ4v) is 0.837. The van der Waals surface area contributed by atoms with Gasteiger partial charge in [0.25, 0.3) is 0 Å². The molecule has 3 nitrogen and oxygen atoms in total. The topological polar surface area (TPSA) is 35.3 Å². The highest BCUT2D eigenvalue weighted by Gasteiger charge is 2.14. The maximum absolute atomic E-state index is 10.6. The largest absolute Gasteiger partial charge is 0.624 e. The molecule has 0 aromatic heterocycles. The van der Waals surface area contributed by atoms with E-state index in [4.69, 9.17) is 4.74 Å². The molecule has 1 aliphatic rings. The number of ether oxygens (including phenoxy) is 1. The Morgan fingerprint density at radius 2 is 2.67 bits per heavy atom. The van der Waals surface area contributed by atoms with Crippen LogP contribution in [0.5, 0.6) is 0 Å². The van der Waals surface area contributed by atoms with Crippen molar-refractivity contribution in [1.29, 1.82) is 0 Å². The van der Waals surface area contributed by atoms with Crippen LogP contribution in [0.3, 0.4) is 0 Å². The third-order valence-electron chi connectivity index (χ3n) is 1.45. The molecule has 1 unspecified atom stereocenters. The van der Waals surface area contributed by atoms with Crippen LogP contribution in [0, 0.1) is 5.21 Å². The van der Waals surface area contributed by atoms with Crippen molar-refractivity contribution in [3.05, 3.63) is 5.21 Å². The van der Waals surface area contributed by atoms with Crippen molar-refractivity contribution < 1.29 is 9.48 Å². The normalized spacial score (nSPS) is 27.7. The Hall–Kier alpha value is -0.570. The maximum atomic E-state index is 10.6. The van der Waals surface area contributed by atoms with Crippen molar-refractivity contribution in [3.63, 3.8) is 0 Å². The van der Waals surface area contributed by atoms with E-state index in [1.807, 2.05) is 6.92 Å². The quantitative estimate of drug-likeness (QED) is 0.379. The summed E-state index contributed by atoms with van der Waals surface area (Å²) in [5.74, 6) is 0. The van der Waals surface area contributed by atoms with Crippen LogP contribution in [0.15, 0.2) is 0 Å². The summed E-state index contributed by atoms with van der Waals surface area (Å²) >= 11 is 0. The first-order chi connectivity index (χ1) is 4.33. The molecular formula is C6H11NO2. The minimum absolute atomic E-state index is 0.146. The van der Waals surface area contributed by atoms with Crippen LogP contribution in [0.4, 0.5) is 0 Å². The standard InChI is InChI=1S/C6H11NO2/c1-2-6-5-7(8)3-4-9-6/h3,6H,2,4-5H2,1H3. The molecule has 0 saturated heterocycles. The third kappa shape index (κ3) is 1.68. The third-order valence-corrected chi connectivity index (χ3v) is 1.45. The summed E-state index contributed by atoms with van der Waals surface area (Å²) in [6.07, 6.45) is 2.59. The van der Waals surface area contributed by atoms with Gasteiger partial charge in [0.1, 0.15) is 12.7 Å². The van der Waals surface area contributed by atoms with E-state index in [1.54, 1.807) is 0 Å². The van der Waals surface area contributed by atoms with E-state index in [0.29, 0.717) is 13.2 Å². The highest BCUT2D eigenvalue weighted by Crippen LogP contribution is 2.00. The van der Waals surface area contributed by atoms with Gasteiger partial charge in [-0.2, -0.15) is 0 Å². The maximum Gasteiger partial charge on any atom is 0.179 e. The Balaban J connectivity index is 2.39. The first-order valence-electron chi connectivity index (χ1n) is 3.21. The van der Waals surface area contributed by atoms with Crippen molar-refractivity contribution in [3.8, 4) is 0 Å². The highest BCUT2D eigenvalue weighted by atomic mass is 16.5. The molecule has 1 heterocycles. The van der Waals surface area contributed by atoms with E-state index in [9.17, 15) is 5.21 Å². The molecule has 0 fully saturated rings. The molecule has 9 heavy (non-hydrogen) atoms. The van der Waals surface area contributed by atoms with Crippen molar-refractivity contribution in [1.82, 2.24) is 0 Å². The smallest absolute Gasteiger partial charge is 0.179 e. The van der Waals surface area contributed by atoms with E-state index < -0.39 is 0 Å². The highest BCUT2D eigenvalue weighted by molar-refractivity contribution is 5.53. The van der Waals surface area contributed by atoms with Gasteiger partial charge in [0.2, 0.25) is 0 Å². The van der Waals surface area contributed by atoms with Gasteiger partial charge >= 0.3 is 0 Å². The minimum atomic E-state index is 0.146. The lowest BCUT2D eigenvalue weighted by molar-refractivity contribution is -0.476. The van der Waals surface area contributed by atoms with Crippen LogP contribution in [-0.2, 0) is 4.74 Å². The lowest BCUT2D eigenvalue weighted by Crippen LogP contribution is -2.31. The van der Waals surface area contributed by atoms with Gasteiger partial charge in [0.05, 0.1) is 0 Å². The molecule has 0 aromatic carbocycles. The zero-order valence-electron chi connectivity index (χ0n) is 5.54. The first-order valence-corrected chi connectivity index (χ1v) is 3.21. The van der Waals surface area contributed by atoms with Gasteiger partial charge < -0.3 is 9.94 Å². The summed E-state index contributed by atoms with van der Waals surface area (Å²) < 4.78 is 6.14. The fraction of sp³-hybridized carbons (Fsp3) is 0.833. The number of rotatable bonds is 1. The van der Waals surface area contributed by atoms with Crippen LogP contribution in [-0.4, -0.2) is 30.2 Å². The van der Waals surface area contributed by atoms with Gasteiger partial charge in [0.15, 0.2) is 12.8 Å². The zero-order valence-corrected chi connectivity index (χ0v) is 5.54. The van der Waals surface area contributed by atoms with Crippen molar-refractivity contribution in [2.75, 3.05) is 13.2 Å². The molecule has 0 bridgehead atoms. The van der Waals surface area contributed by atoms with Crippen LogP contribution in [0.2, 0.25) is 0 Å². The van der Waals surface area contributed by atoms with Crippen LogP contribution in [0.25, 0.3) is 0 Å². The Labute approximate surface area is 54.5 Å². The number of hydroxylamine groups is 1. The van der Waals surface area contributed by atoms with E-state index in [-0.39, 0.29) is 6.10 Å². The molecule has 1 rings (SSSR count). The second kappa shape index (κ2) is 2.82. The van der Waals surface area contributed by atoms with Gasteiger partial charge in [-0.05, 0) is 6.42 Å². The van der Waals surface area contributed by atoms with Crippen molar-refractivity contribution in [2.45, 2.75) is 19.4 Å². The molecule has 0 N–H and O–H groups in total. The average Bonchev–Trinajstić information content (AvgIpc) is 1.88. The second-order valence-corrected chi connectivity index (χ2v) is 2.15. The summed E-state index contributed by atoms with van der Waals surface area (Å²) in [5, 5.41) is 10.6. The lowest BCUT2D eigenvalue weighted by Gasteiger charge is -2.17. The Morgan fingerprint density at radius 1 is 1.89 bits per heavy atom. The van der Waals surface area contributed by atoms with Crippen LogP contribution in [0.1, 0.15) is 13.3 Å². The molecule has 0 spiro atoms. The Bertz CT molecular complexity index is 122. The van der Waals surface area contributed by atoms with Gasteiger partial charge in [-0.15, -0.1) is 0 Å². The summed E-state index contributed by atoms with van der Waals surface area (Å²) in [4.78, 5) is 0. The second-order valence-electron chi connectivity index (χ2n) is 2.15. The minimum Gasteiger partial charge on any atom is -0.624 e. The molecule has 3 heteroatoms. The van der Waals surface area contributed by atoms with Gasteiger partial charge in [-0.3, -0.25) is 0 Å². The van der Waals surface area contributed by atoms with E-state index in [1.165, 1.54) is 6.21 Å². The average molecular weight is 129 g/mol. The van der Waals surface area contributed by atoms with Gasteiger partial charge in [0, 0.05) is 0 Å². The SMILES string of the molecule is CCC1C[N+]([O-])=CCO1. The lowest BCUT2D eigenvalue weighted by atomic mass is 10.2. The molecule has 0 saturated carbocycles. The summed E-state index contributed by atoms with van der Waals surface area (Å²) in [6, 6.07) is 0. The first kappa shape index (κ1) is 6.55. The number of hydrogen-bond acceptors (Lipinski definition) is 2. The summed E-state index contributed by atoms with van der Waals surface area (Å²) in [5.41, 5.74) is 0. The molecule has 0 amide bonds. The van der Waals surface area contributed by atoms with Crippen molar-refractivity contribution in [2.24, 2.45) is 0 Å². The molecule has 0 radical (unpaired) electrons. The molecule has 0 aromatic rings. The molecule has 1 aliphatic heterocycles. The molecule has 52 valence electrons. The van der Waals surface area contributed by atoms with Crippen LogP contribution >= 0.6 is 0 Å². The predicted molar refractivity (Wildman–Crippen MR) is 34.6 cm³/mol. The van der Waals surface area contributed by atoms with E-state index >= 15 is 0 Å². The number of nitrogens with zero attached hydrogens (tertiary/aromatic N) is 1. The Kier molecular flexibility index (Phi) is 2.05. The zero-order chi connectivity index (χ0) is 6.69. The molecular weight excluding hydrogens is 118 g/mol. The Morgan fingerprint density at radius 3 is 3.11 bits per heavy atom. The monoisotopic (exact) mass is 129 g/mol. The molecule has 1 atom stereocenters. The van der Waals surface area contributed by atoms with Gasteiger partial charge in [-0.1, -0.05) is 6.92 Å². The van der Waals surface area contributed by atoms with Crippen LogP contribution < -0.4 is 0 Å².